The maximum atomic E-state index is 5.64. The Morgan fingerprint density at radius 1 is 1.00 bits per heavy atom. The van der Waals surface area contributed by atoms with E-state index in [1.54, 1.807) is 0 Å². The quantitative estimate of drug-likeness (QED) is 0.657. The third-order valence-corrected chi connectivity index (χ3v) is 2.30. The molecule has 1 aromatic carbocycles. The maximum absolute atomic E-state index is 5.64. The molecule has 0 radical (unpaired) electrons. The number of hydrogen-bond acceptors (Lipinski definition) is 2. The monoisotopic (exact) mass is 178 g/mol. The summed E-state index contributed by atoms with van der Waals surface area (Å²) in [4.78, 5) is 0. The van der Waals surface area contributed by atoms with Crippen LogP contribution >= 0.6 is 0 Å². The molecule has 70 valence electrons. The first-order valence-electron chi connectivity index (χ1n) is 4.63. The fraction of sp³-hybridized carbons (Fsp3) is 0.455. The van der Waals surface area contributed by atoms with Crippen molar-refractivity contribution in [2.45, 2.75) is 32.3 Å². The van der Waals surface area contributed by atoms with E-state index in [0.29, 0.717) is 0 Å². The van der Waals surface area contributed by atoms with Crippen LogP contribution in [0.15, 0.2) is 30.3 Å². The van der Waals surface area contributed by atoms with Crippen LogP contribution in [0.5, 0.6) is 0 Å². The van der Waals surface area contributed by atoms with E-state index in [9.17, 15) is 0 Å². The van der Waals surface area contributed by atoms with Crippen molar-refractivity contribution in [2.75, 3.05) is 0 Å². The van der Waals surface area contributed by atoms with E-state index in [-0.39, 0.29) is 18.5 Å². The second-order valence-corrected chi connectivity index (χ2v) is 3.38. The summed E-state index contributed by atoms with van der Waals surface area (Å²) in [6.07, 6.45) is 0.161. The molecule has 13 heavy (non-hydrogen) atoms. The molecular weight excluding hydrogens is 164 g/mol. The van der Waals surface area contributed by atoms with Crippen LogP contribution in [0, 0.1) is 0 Å². The van der Waals surface area contributed by atoms with Crippen molar-refractivity contribution < 1.29 is 9.47 Å². The van der Waals surface area contributed by atoms with Gasteiger partial charge in [0.2, 0.25) is 0 Å². The van der Waals surface area contributed by atoms with Crippen molar-refractivity contribution in [3.8, 4) is 0 Å². The van der Waals surface area contributed by atoms with Crippen molar-refractivity contribution in [1.29, 1.82) is 0 Å². The zero-order valence-electron chi connectivity index (χ0n) is 7.94. The average molecular weight is 178 g/mol. The summed E-state index contributed by atoms with van der Waals surface area (Å²) in [5.41, 5.74) is 1.19. The molecule has 1 aromatic rings. The Hall–Kier alpha value is -0.860. The molecule has 2 rings (SSSR count). The van der Waals surface area contributed by atoms with E-state index in [1.165, 1.54) is 5.56 Å². The molecule has 2 nitrogen and oxygen atoms in total. The molecule has 0 amide bonds. The van der Waals surface area contributed by atoms with Gasteiger partial charge in [0.05, 0.1) is 6.10 Å². The third kappa shape index (κ3) is 1.74. The minimum Gasteiger partial charge on any atom is -0.347 e. The van der Waals surface area contributed by atoms with Gasteiger partial charge in [-0.1, -0.05) is 30.3 Å². The Bertz CT molecular complexity index is 271. The maximum Gasteiger partial charge on any atom is 0.156 e. The largest absolute Gasteiger partial charge is 0.347 e. The van der Waals surface area contributed by atoms with Gasteiger partial charge in [0, 0.05) is 0 Å². The van der Waals surface area contributed by atoms with Crippen LogP contribution in [0.3, 0.4) is 0 Å². The molecule has 0 N–H and O–H groups in total. The second-order valence-electron chi connectivity index (χ2n) is 3.38. The Morgan fingerprint density at radius 3 is 2.23 bits per heavy atom. The molecule has 0 bridgehead atoms. The van der Waals surface area contributed by atoms with E-state index in [0.717, 1.165) is 0 Å². The molecular formula is C11H14O2. The minimum atomic E-state index is -0.0831. The van der Waals surface area contributed by atoms with Crippen molar-refractivity contribution in [3.63, 3.8) is 0 Å². The second kappa shape index (κ2) is 3.48. The molecule has 1 saturated heterocycles. The first-order chi connectivity index (χ1) is 6.27. The van der Waals surface area contributed by atoms with Gasteiger partial charge in [-0.3, -0.25) is 0 Å². The summed E-state index contributed by atoms with van der Waals surface area (Å²) < 4.78 is 11.1. The number of rotatable bonds is 1. The van der Waals surface area contributed by atoms with Gasteiger partial charge >= 0.3 is 0 Å². The lowest BCUT2D eigenvalue weighted by atomic mass is 10.1. The van der Waals surface area contributed by atoms with Gasteiger partial charge in [-0.2, -0.15) is 0 Å². The Morgan fingerprint density at radius 2 is 1.69 bits per heavy atom. The first kappa shape index (κ1) is 8.73. The SMILES string of the molecule is CC1O[C@@H](C)[C@H](c2ccccc2)O1. The summed E-state index contributed by atoms with van der Waals surface area (Å²) in [5, 5.41) is 0. The molecule has 0 aliphatic carbocycles. The summed E-state index contributed by atoms with van der Waals surface area (Å²) in [7, 11) is 0. The van der Waals surface area contributed by atoms with E-state index >= 15 is 0 Å². The lowest BCUT2D eigenvalue weighted by Crippen LogP contribution is -2.09. The lowest BCUT2D eigenvalue weighted by molar-refractivity contribution is -0.0494. The van der Waals surface area contributed by atoms with Gasteiger partial charge in [0.1, 0.15) is 6.10 Å². The lowest BCUT2D eigenvalue weighted by Gasteiger charge is -2.12. The summed E-state index contributed by atoms with van der Waals surface area (Å²) >= 11 is 0. The Kier molecular flexibility index (Phi) is 2.34. The van der Waals surface area contributed by atoms with Crippen LogP contribution < -0.4 is 0 Å². The van der Waals surface area contributed by atoms with Gasteiger partial charge in [-0.25, -0.2) is 0 Å². The zero-order valence-corrected chi connectivity index (χ0v) is 7.94. The van der Waals surface area contributed by atoms with Crippen molar-refractivity contribution in [1.82, 2.24) is 0 Å². The van der Waals surface area contributed by atoms with Gasteiger partial charge in [0.25, 0.3) is 0 Å². The number of hydrogen-bond donors (Lipinski definition) is 0. The van der Waals surface area contributed by atoms with Gasteiger partial charge < -0.3 is 9.47 Å². The molecule has 1 aliphatic heterocycles. The zero-order chi connectivity index (χ0) is 9.26. The topological polar surface area (TPSA) is 18.5 Å². The molecule has 1 unspecified atom stereocenters. The average Bonchev–Trinajstić information content (AvgIpc) is 2.47. The van der Waals surface area contributed by atoms with E-state index in [1.807, 2.05) is 32.0 Å². The van der Waals surface area contributed by atoms with Crippen LogP contribution in [0.4, 0.5) is 0 Å². The Balaban J connectivity index is 2.18. The van der Waals surface area contributed by atoms with Crippen molar-refractivity contribution >= 4 is 0 Å². The molecule has 0 spiro atoms. The normalized spacial score (nSPS) is 33.5. The van der Waals surface area contributed by atoms with Crippen molar-refractivity contribution in [3.05, 3.63) is 35.9 Å². The molecule has 1 aliphatic rings. The molecule has 0 aromatic heterocycles. The molecule has 0 saturated carbocycles. The molecule has 1 heterocycles. The fourth-order valence-electron chi connectivity index (χ4n) is 1.72. The van der Waals surface area contributed by atoms with Crippen molar-refractivity contribution in [2.24, 2.45) is 0 Å². The summed E-state index contributed by atoms with van der Waals surface area (Å²) in [6, 6.07) is 10.2. The highest BCUT2D eigenvalue weighted by atomic mass is 16.7. The van der Waals surface area contributed by atoms with Gasteiger partial charge in [-0.05, 0) is 19.4 Å². The van der Waals surface area contributed by atoms with E-state index < -0.39 is 0 Å². The summed E-state index contributed by atoms with van der Waals surface area (Å²) in [5.74, 6) is 0. The number of ether oxygens (including phenoxy) is 2. The molecule has 2 heteroatoms. The smallest absolute Gasteiger partial charge is 0.156 e. The van der Waals surface area contributed by atoms with Crippen LogP contribution in [-0.2, 0) is 9.47 Å². The minimum absolute atomic E-state index is 0.0831. The predicted molar refractivity (Wildman–Crippen MR) is 50.3 cm³/mol. The highest BCUT2D eigenvalue weighted by molar-refractivity contribution is 5.19. The standard InChI is InChI=1S/C11H14O2/c1-8-11(13-9(2)12-8)10-6-4-3-5-7-10/h3-9,11H,1-2H3/t8-,9?,11+/m0/s1. The van der Waals surface area contributed by atoms with E-state index in [2.05, 4.69) is 12.1 Å². The van der Waals surface area contributed by atoms with Gasteiger partial charge in [-0.15, -0.1) is 0 Å². The van der Waals surface area contributed by atoms with Crippen LogP contribution in [-0.4, -0.2) is 12.4 Å². The highest BCUT2D eigenvalue weighted by Gasteiger charge is 2.31. The third-order valence-electron chi connectivity index (χ3n) is 2.30. The predicted octanol–water partition coefficient (Wildman–Crippen LogP) is 2.51. The van der Waals surface area contributed by atoms with E-state index in [4.69, 9.17) is 9.47 Å². The summed E-state index contributed by atoms with van der Waals surface area (Å²) in [6.45, 7) is 3.97. The van der Waals surface area contributed by atoms with Crippen LogP contribution in [0.1, 0.15) is 25.5 Å². The van der Waals surface area contributed by atoms with Crippen LogP contribution in [0.2, 0.25) is 0 Å². The molecule has 1 fully saturated rings. The highest BCUT2D eigenvalue weighted by Crippen LogP contribution is 2.31. The molecule has 3 atom stereocenters. The van der Waals surface area contributed by atoms with Crippen LogP contribution in [0.25, 0.3) is 0 Å². The van der Waals surface area contributed by atoms with Gasteiger partial charge in [0.15, 0.2) is 6.29 Å². The fourth-order valence-corrected chi connectivity index (χ4v) is 1.72. The Labute approximate surface area is 78.5 Å². The first-order valence-corrected chi connectivity index (χ1v) is 4.63. The number of benzene rings is 1.